The van der Waals surface area contributed by atoms with Crippen LogP contribution in [0.1, 0.15) is 12.5 Å². The zero-order valence-corrected chi connectivity index (χ0v) is 8.08. The second-order valence-electron chi connectivity index (χ2n) is 3.18. The molecule has 0 amide bonds. The summed E-state index contributed by atoms with van der Waals surface area (Å²) in [6, 6.07) is 4.34. The van der Waals surface area contributed by atoms with Crippen molar-refractivity contribution in [1.82, 2.24) is 0 Å². The van der Waals surface area contributed by atoms with E-state index in [1.54, 1.807) is 0 Å². The maximum atomic E-state index is 12.2. The first-order valence-corrected chi connectivity index (χ1v) is 4.37. The number of aliphatic hydroxyl groups excluding tert-OH is 1. The average Bonchev–Trinajstić information content (AvgIpc) is 2.14. The molecule has 0 aromatic heterocycles. The van der Waals surface area contributed by atoms with Gasteiger partial charge in [-0.3, -0.25) is 0 Å². The fourth-order valence-corrected chi connectivity index (χ4v) is 0.957. The Morgan fingerprint density at radius 3 is 2.20 bits per heavy atom. The Hall–Kier alpha value is -1.23. The van der Waals surface area contributed by atoms with Crippen LogP contribution in [0.15, 0.2) is 24.3 Å². The zero-order valence-electron chi connectivity index (χ0n) is 8.08. The summed E-state index contributed by atoms with van der Waals surface area (Å²) < 4.78 is 41.5. The van der Waals surface area contributed by atoms with Gasteiger partial charge in [-0.05, 0) is 31.2 Å². The predicted molar refractivity (Wildman–Crippen MR) is 48.6 cm³/mol. The van der Waals surface area contributed by atoms with E-state index >= 15 is 0 Å². The van der Waals surface area contributed by atoms with Gasteiger partial charge in [0, 0.05) is 0 Å². The van der Waals surface area contributed by atoms with E-state index in [1.807, 2.05) is 0 Å². The van der Waals surface area contributed by atoms with Gasteiger partial charge in [0.05, 0.1) is 11.7 Å². The molecule has 0 spiro atoms. The molecule has 0 aliphatic heterocycles. The summed E-state index contributed by atoms with van der Waals surface area (Å²) in [5.41, 5.74) is -0.716. The molecule has 0 radical (unpaired) electrons. The lowest BCUT2D eigenvalue weighted by Gasteiger charge is -2.10. The molecule has 0 saturated heterocycles. The molecule has 1 aromatic carbocycles. The number of benzene rings is 1. The highest BCUT2D eigenvalue weighted by Crippen LogP contribution is 2.30. The minimum absolute atomic E-state index is 0.0609. The summed E-state index contributed by atoms with van der Waals surface area (Å²) in [5.74, 6) is 0.309. The molecule has 0 unspecified atom stereocenters. The fourth-order valence-electron chi connectivity index (χ4n) is 0.957. The van der Waals surface area contributed by atoms with Gasteiger partial charge in [0.15, 0.2) is 0 Å². The van der Waals surface area contributed by atoms with Crippen molar-refractivity contribution in [2.24, 2.45) is 0 Å². The molecule has 0 fully saturated rings. The number of hydrogen-bond donors (Lipinski definition) is 1. The molecule has 0 aliphatic rings. The van der Waals surface area contributed by atoms with Crippen LogP contribution >= 0.6 is 0 Å². The van der Waals surface area contributed by atoms with Crippen LogP contribution in [0.5, 0.6) is 5.75 Å². The van der Waals surface area contributed by atoms with Crippen LogP contribution in [0.3, 0.4) is 0 Å². The quantitative estimate of drug-likeness (QED) is 0.847. The van der Waals surface area contributed by atoms with Gasteiger partial charge in [-0.25, -0.2) is 0 Å². The van der Waals surface area contributed by atoms with E-state index in [9.17, 15) is 13.2 Å². The molecule has 84 valence electrons. The second-order valence-corrected chi connectivity index (χ2v) is 3.18. The van der Waals surface area contributed by atoms with Crippen molar-refractivity contribution in [3.63, 3.8) is 0 Å². The highest BCUT2D eigenvalue weighted by molar-refractivity contribution is 5.28. The lowest BCUT2D eigenvalue weighted by Crippen LogP contribution is -2.13. The second kappa shape index (κ2) is 4.53. The summed E-state index contributed by atoms with van der Waals surface area (Å²) in [5, 5.41) is 8.89. The van der Waals surface area contributed by atoms with Crippen LogP contribution in [-0.2, 0) is 6.18 Å². The molecule has 1 rings (SSSR count). The smallest absolute Gasteiger partial charge is 0.416 e. The van der Waals surface area contributed by atoms with Crippen molar-refractivity contribution < 1.29 is 23.0 Å². The highest BCUT2D eigenvalue weighted by atomic mass is 19.4. The Labute approximate surface area is 85.3 Å². The van der Waals surface area contributed by atoms with E-state index in [-0.39, 0.29) is 6.61 Å². The molecule has 2 nitrogen and oxygen atoms in total. The Kier molecular flexibility index (Phi) is 3.57. The van der Waals surface area contributed by atoms with E-state index in [4.69, 9.17) is 9.84 Å². The summed E-state index contributed by atoms with van der Waals surface area (Å²) in [7, 11) is 0. The van der Waals surface area contributed by atoms with E-state index in [0.717, 1.165) is 12.1 Å². The fraction of sp³-hybridized carbons (Fsp3) is 0.400. The monoisotopic (exact) mass is 220 g/mol. The van der Waals surface area contributed by atoms with Crippen LogP contribution in [0.2, 0.25) is 0 Å². The Bertz CT molecular complexity index is 303. The zero-order chi connectivity index (χ0) is 11.5. The molecule has 0 saturated carbocycles. The normalized spacial score (nSPS) is 13.7. The van der Waals surface area contributed by atoms with Crippen molar-refractivity contribution in [3.05, 3.63) is 29.8 Å². The van der Waals surface area contributed by atoms with Crippen LogP contribution in [0.4, 0.5) is 13.2 Å². The number of alkyl halides is 3. The van der Waals surface area contributed by atoms with Gasteiger partial charge in [-0.15, -0.1) is 0 Å². The summed E-state index contributed by atoms with van der Waals surface area (Å²) in [6.07, 6.45) is -4.98. The lowest BCUT2D eigenvalue weighted by atomic mass is 10.2. The minimum atomic E-state index is -4.33. The van der Waals surface area contributed by atoms with Crippen molar-refractivity contribution in [2.75, 3.05) is 6.61 Å². The Morgan fingerprint density at radius 2 is 1.80 bits per heavy atom. The van der Waals surface area contributed by atoms with E-state index in [1.165, 1.54) is 19.1 Å². The van der Waals surface area contributed by atoms with Gasteiger partial charge in [-0.1, -0.05) is 0 Å². The number of halogens is 3. The minimum Gasteiger partial charge on any atom is -0.491 e. The van der Waals surface area contributed by atoms with Gasteiger partial charge in [0.2, 0.25) is 0 Å². The van der Waals surface area contributed by atoms with Gasteiger partial charge < -0.3 is 9.84 Å². The first-order chi connectivity index (χ1) is 6.89. The van der Waals surface area contributed by atoms with Crippen molar-refractivity contribution >= 4 is 0 Å². The van der Waals surface area contributed by atoms with Crippen LogP contribution in [0.25, 0.3) is 0 Å². The average molecular weight is 220 g/mol. The SMILES string of the molecule is C[C@@H](O)COc1ccc(C(F)(F)F)cc1. The number of hydrogen-bond acceptors (Lipinski definition) is 2. The van der Waals surface area contributed by atoms with Gasteiger partial charge in [0.25, 0.3) is 0 Å². The molecule has 0 aliphatic carbocycles. The molecule has 0 heterocycles. The molecule has 15 heavy (non-hydrogen) atoms. The Morgan fingerprint density at radius 1 is 1.27 bits per heavy atom. The molecule has 0 bridgehead atoms. The molecular formula is C10H11F3O2. The standard InChI is InChI=1S/C10H11F3O2/c1-7(14)6-15-9-4-2-8(3-5-9)10(11,12)13/h2-5,7,14H,6H2,1H3/t7-/m1/s1. The van der Waals surface area contributed by atoms with E-state index < -0.39 is 17.8 Å². The first-order valence-electron chi connectivity index (χ1n) is 4.37. The van der Waals surface area contributed by atoms with E-state index in [2.05, 4.69) is 0 Å². The van der Waals surface area contributed by atoms with Crippen LogP contribution in [-0.4, -0.2) is 17.8 Å². The molecule has 1 N–H and O–H groups in total. The van der Waals surface area contributed by atoms with Crippen LogP contribution < -0.4 is 4.74 Å². The lowest BCUT2D eigenvalue weighted by molar-refractivity contribution is -0.137. The van der Waals surface area contributed by atoms with Gasteiger partial charge in [-0.2, -0.15) is 13.2 Å². The third-order valence-corrected chi connectivity index (χ3v) is 1.67. The largest absolute Gasteiger partial charge is 0.491 e. The topological polar surface area (TPSA) is 29.5 Å². The summed E-state index contributed by atoms with van der Waals surface area (Å²) in [6.45, 7) is 1.59. The van der Waals surface area contributed by atoms with Gasteiger partial charge >= 0.3 is 6.18 Å². The van der Waals surface area contributed by atoms with Gasteiger partial charge in [0.1, 0.15) is 12.4 Å². The van der Waals surface area contributed by atoms with E-state index in [0.29, 0.717) is 5.75 Å². The molecule has 1 aromatic rings. The first kappa shape index (κ1) is 11.8. The summed E-state index contributed by atoms with van der Waals surface area (Å²) >= 11 is 0. The summed E-state index contributed by atoms with van der Waals surface area (Å²) in [4.78, 5) is 0. The molecule has 5 heteroatoms. The highest BCUT2D eigenvalue weighted by Gasteiger charge is 2.29. The maximum absolute atomic E-state index is 12.2. The number of rotatable bonds is 3. The third kappa shape index (κ3) is 3.79. The molecular weight excluding hydrogens is 209 g/mol. The van der Waals surface area contributed by atoms with Crippen molar-refractivity contribution in [1.29, 1.82) is 0 Å². The third-order valence-electron chi connectivity index (χ3n) is 1.67. The number of ether oxygens (including phenoxy) is 1. The predicted octanol–water partition coefficient (Wildman–Crippen LogP) is 2.47. The van der Waals surface area contributed by atoms with Crippen molar-refractivity contribution in [3.8, 4) is 5.75 Å². The maximum Gasteiger partial charge on any atom is 0.416 e. The van der Waals surface area contributed by atoms with Crippen LogP contribution in [0, 0.1) is 0 Å². The Balaban J connectivity index is 2.65. The van der Waals surface area contributed by atoms with Crippen molar-refractivity contribution in [2.45, 2.75) is 19.2 Å². The molecule has 1 atom stereocenters. The number of aliphatic hydroxyl groups is 1.